The maximum Gasteiger partial charge on any atom is 0.293 e. The van der Waals surface area contributed by atoms with E-state index in [1.165, 1.54) is 16.3 Å². The fraction of sp³-hybridized carbons (Fsp3) is 0.267. The molecule has 0 saturated heterocycles. The van der Waals surface area contributed by atoms with Gasteiger partial charge < -0.3 is 4.74 Å². The minimum absolute atomic E-state index is 0.270. The van der Waals surface area contributed by atoms with Crippen LogP contribution in [0.4, 0.5) is 0 Å². The third-order valence-electron chi connectivity index (χ3n) is 3.12. The van der Waals surface area contributed by atoms with E-state index in [1.807, 2.05) is 12.1 Å². The van der Waals surface area contributed by atoms with Gasteiger partial charge in [0.25, 0.3) is 6.47 Å². The first-order valence-electron chi connectivity index (χ1n) is 5.89. The van der Waals surface area contributed by atoms with Crippen molar-refractivity contribution < 1.29 is 9.53 Å². The summed E-state index contributed by atoms with van der Waals surface area (Å²) in [4.78, 5) is 10.3. The number of ether oxygens (including phenoxy) is 1. The van der Waals surface area contributed by atoms with Crippen molar-refractivity contribution in [1.29, 1.82) is 0 Å². The third kappa shape index (κ3) is 2.47. The van der Waals surface area contributed by atoms with E-state index in [4.69, 9.17) is 4.74 Å². The molecule has 0 saturated carbocycles. The zero-order chi connectivity index (χ0) is 12.1. The number of hydrogen-bond donors (Lipinski definition) is 0. The highest BCUT2D eigenvalue weighted by molar-refractivity contribution is 5.86. The summed E-state index contributed by atoms with van der Waals surface area (Å²) in [5.74, 6) is 0.270. The van der Waals surface area contributed by atoms with Crippen molar-refractivity contribution in [2.45, 2.75) is 19.3 Å². The predicted octanol–water partition coefficient (Wildman–Crippen LogP) is 3.51. The van der Waals surface area contributed by atoms with Gasteiger partial charge in [0.1, 0.15) is 0 Å². The van der Waals surface area contributed by atoms with Crippen molar-refractivity contribution >= 4 is 17.2 Å². The van der Waals surface area contributed by atoms with Crippen molar-refractivity contribution in [1.82, 2.24) is 0 Å². The molecule has 0 radical (unpaired) electrons. The number of hydrogen-bond acceptors (Lipinski definition) is 2. The molecule has 2 aromatic rings. The number of rotatable bonds is 5. The number of carbonyl (C=O) groups is 1. The van der Waals surface area contributed by atoms with E-state index in [2.05, 4.69) is 37.3 Å². The van der Waals surface area contributed by atoms with Gasteiger partial charge in [-0.1, -0.05) is 49.4 Å². The summed E-state index contributed by atoms with van der Waals surface area (Å²) in [7, 11) is 0. The molecule has 2 heteroatoms. The molecule has 0 spiro atoms. The van der Waals surface area contributed by atoms with Crippen LogP contribution >= 0.6 is 0 Å². The maximum atomic E-state index is 10.3. The highest BCUT2D eigenvalue weighted by Crippen LogP contribution is 2.27. The molecule has 0 amide bonds. The minimum atomic E-state index is 0.270. The van der Waals surface area contributed by atoms with E-state index < -0.39 is 0 Å². The normalized spacial score (nSPS) is 12.3. The van der Waals surface area contributed by atoms with E-state index >= 15 is 0 Å². The highest BCUT2D eigenvalue weighted by Gasteiger charge is 2.12. The summed E-state index contributed by atoms with van der Waals surface area (Å²) < 4.78 is 4.91. The average molecular weight is 228 g/mol. The molecule has 0 fully saturated rings. The molecule has 88 valence electrons. The molecule has 2 aromatic carbocycles. The lowest BCUT2D eigenvalue weighted by Crippen LogP contribution is -2.06. The van der Waals surface area contributed by atoms with Gasteiger partial charge >= 0.3 is 0 Å². The topological polar surface area (TPSA) is 26.3 Å². The van der Waals surface area contributed by atoms with Crippen LogP contribution in [0.3, 0.4) is 0 Å². The van der Waals surface area contributed by atoms with Crippen molar-refractivity contribution in [3.8, 4) is 0 Å². The maximum absolute atomic E-state index is 10.3. The van der Waals surface area contributed by atoms with Crippen LogP contribution in [0.2, 0.25) is 0 Å². The van der Waals surface area contributed by atoms with Gasteiger partial charge in [-0.05, 0) is 22.8 Å². The lowest BCUT2D eigenvalue weighted by atomic mass is 9.92. The van der Waals surface area contributed by atoms with Crippen LogP contribution in [0.1, 0.15) is 24.8 Å². The Morgan fingerprint density at radius 1 is 1.18 bits per heavy atom. The standard InChI is InChI=1S/C15H16O2/c1-2-12(10-17-11-16)14-9-5-7-13-6-3-4-8-15(13)14/h3-9,11-12H,2,10H2,1H3. The zero-order valence-corrected chi connectivity index (χ0v) is 9.93. The number of carbonyl (C=O) groups excluding carboxylic acids is 1. The molecule has 2 rings (SSSR count). The van der Waals surface area contributed by atoms with Gasteiger partial charge in [0.05, 0.1) is 6.61 Å². The van der Waals surface area contributed by atoms with E-state index in [-0.39, 0.29) is 5.92 Å². The van der Waals surface area contributed by atoms with Crippen LogP contribution < -0.4 is 0 Å². The first kappa shape index (κ1) is 11.6. The van der Waals surface area contributed by atoms with Crippen LogP contribution in [0.5, 0.6) is 0 Å². The Kier molecular flexibility index (Phi) is 3.76. The molecule has 0 aliphatic rings. The first-order valence-corrected chi connectivity index (χ1v) is 5.89. The Morgan fingerprint density at radius 3 is 2.71 bits per heavy atom. The molecule has 0 N–H and O–H groups in total. The smallest absolute Gasteiger partial charge is 0.293 e. The van der Waals surface area contributed by atoms with E-state index in [1.54, 1.807) is 0 Å². The van der Waals surface area contributed by atoms with Gasteiger partial charge in [0.15, 0.2) is 0 Å². The largest absolute Gasteiger partial charge is 0.467 e. The number of fused-ring (bicyclic) bond motifs is 1. The van der Waals surface area contributed by atoms with Crippen LogP contribution in [0.25, 0.3) is 10.8 Å². The molecule has 17 heavy (non-hydrogen) atoms. The van der Waals surface area contributed by atoms with Gasteiger partial charge in [-0.25, -0.2) is 0 Å². The molecule has 0 bridgehead atoms. The monoisotopic (exact) mass is 228 g/mol. The van der Waals surface area contributed by atoms with Gasteiger partial charge in [0, 0.05) is 5.92 Å². The van der Waals surface area contributed by atoms with Gasteiger partial charge in [-0.3, -0.25) is 4.79 Å². The summed E-state index contributed by atoms with van der Waals surface area (Å²) in [6.45, 7) is 3.09. The second-order valence-electron chi connectivity index (χ2n) is 4.10. The summed E-state index contributed by atoms with van der Waals surface area (Å²) in [5, 5.41) is 2.48. The van der Waals surface area contributed by atoms with Crippen molar-refractivity contribution in [2.75, 3.05) is 6.61 Å². The predicted molar refractivity (Wildman–Crippen MR) is 69.0 cm³/mol. The summed E-state index contributed by atoms with van der Waals surface area (Å²) in [5.41, 5.74) is 1.26. The zero-order valence-electron chi connectivity index (χ0n) is 9.93. The Morgan fingerprint density at radius 2 is 1.94 bits per heavy atom. The SMILES string of the molecule is CCC(COC=O)c1cccc2ccccc12. The molecule has 2 nitrogen and oxygen atoms in total. The molecular formula is C15H16O2. The third-order valence-corrected chi connectivity index (χ3v) is 3.12. The fourth-order valence-corrected chi connectivity index (χ4v) is 2.19. The van der Waals surface area contributed by atoms with Crippen LogP contribution in [-0.2, 0) is 9.53 Å². The Hall–Kier alpha value is -1.83. The van der Waals surface area contributed by atoms with Crippen LogP contribution in [0, 0.1) is 0 Å². The van der Waals surface area contributed by atoms with Crippen LogP contribution in [-0.4, -0.2) is 13.1 Å². The van der Waals surface area contributed by atoms with Crippen LogP contribution in [0.15, 0.2) is 42.5 Å². The van der Waals surface area contributed by atoms with E-state index in [0.29, 0.717) is 13.1 Å². The molecular weight excluding hydrogens is 212 g/mol. The molecule has 1 atom stereocenters. The lowest BCUT2D eigenvalue weighted by Gasteiger charge is -2.16. The average Bonchev–Trinajstić information content (AvgIpc) is 2.40. The quantitative estimate of drug-likeness (QED) is 0.732. The number of benzene rings is 2. The molecule has 0 aliphatic carbocycles. The summed E-state index contributed by atoms with van der Waals surface area (Å²) in [6, 6.07) is 14.6. The molecule has 1 unspecified atom stereocenters. The Labute approximate surface area is 101 Å². The van der Waals surface area contributed by atoms with Crippen molar-refractivity contribution in [2.24, 2.45) is 0 Å². The lowest BCUT2D eigenvalue weighted by molar-refractivity contribution is -0.129. The van der Waals surface area contributed by atoms with Gasteiger partial charge in [-0.2, -0.15) is 0 Å². The highest BCUT2D eigenvalue weighted by atomic mass is 16.5. The summed E-state index contributed by atoms with van der Waals surface area (Å²) in [6.07, 6.45) is 0.960. The second-order valence-corrected chi connectivity index (χ2v) is 4.10. The second kappa shape index (κ2) is 5.48. The Bertz CT molecular complexity index is 500. The van der Waals surface area contributed by atoms with Gasteiger partial charge in [0.2, 0.25) is 0 Å². The Balaban J connectivity index is 2.42. The first-order chi connectivity index (χ1) is 8.36. The fourth-order valence-electron chi connectivity index (χ4n) is 2.19. The van der Waals surface area contributed by atoms with Gasteiger partial charge in [-0.15, -0.1) is 0 Å². The molecule has 0 heterocycles. The molecule has 0 aliphatic heterocycles. The van der Waals surface area contributed by atoms with Crippen molar-refractivity contribution in [3.05, 3.63) is 48.0 Å². The summed E-state index contributed by atoms with van der Waals surface area (Å²) >= 11 is 0. The van der Waals surface area contributed by atoms with E-state index in [0.717, 1.165) is 6.42 Å². The molecule has 0 aromatic heterocycles. The van der Waals surface area contributed by atoms with Crippen molar-refractivity contribution in [3.63, 3.8) is 0 Å². The van der Waals surface area contributed by atoms with E-state index in [9.17, 15) is 4.79 Å². The minimum Gasteiger partial charge on any atom is -0.467 e.